The van der Waals surface area contributed by atoms with Gasteiger partial charge in [0.1, 0.15) is 18.7 Å². The Hall–Kier alpha value is -9.40. The molecule has 19 heteroatoms. The molecule has 3 unspecified atom stereocenters. The summed E-state index contributed by atoms with van der Waals surface area (Å²) in [6.45, 7) is 2.27. The van der Waals surface area contributed by atoms with Crippen molar-refractivity contribution in [1.29, 1.82) is 0 Å². The molecule has 0 saturated carbocycles. The number of pyridine rings is 3. The van der Waals surface area contributed by atoms with Crippen molar-refractivity contribution in [3.8, 4) is 0 Å². The Labute approximate surface area is 489 Å². The molecule has 17 nitrogen and oxygen atoms in total. The van der Waals surface area contributed by atoms with Gasteiger partial charge >= 0.3 is 6.09 Å². The highest BCUT2D eigenvalue weighted by atomic mass is 32.2. The lowest BCUT2D eigenvalue weighted by Crippen LogP contribution is -2.52. The van der Waals surface area contributed by atoms with Gasteiger partial charge in [-0.15, -0.1) is 0 Å². The number of alkyl carbamates (subject to hydrolysis) is 1. The second-order valence-electron chi connectivity index (χ2n) is 20.2. The van der Waals surface area contributed by atoms with Crippen molar-refractivity contribution in [3.05, 3.63) is 276 Å². The normalized spacial score (nSPS) is 16.3. The van der Waals surface area contributed by atoms with E-state index in [0.717, 1.165) is 57.0 Å². The third-order valence-corrected chi connectivity index (χ3v) is 17.3. The predicted molar refractivity (Wildman–Crippen MR) is 321 cm³/mol. The first-order valence-corrected chi connectivity index (χ1v) is 30.2. The van der Waals surface area contributed by atoms with Crippen LogP contribution in [0.3, 0.4) is 0 Å². The molecule has 0 fully saturated rings. The zero-order valence-electron chi connectivity index (χ0n) is 45.7. The highest BCUT2D eigenvalue weighted by molar-refractivity contribution is 7.89. The van der Waals surface area contributed by atoms with E-state index in [1.807, 2.05) is 134 Å². The van der Waals surface area contributed by atoms with E-state index in [1.165, 1.54) is 17.7 Å². The summed E-state index contributed by atoms with van der Waals surface area (Å²) in [7, 11) is -7.37. The first kappa shape index (κ1) is 57.8. The van der Waals surface area contributed by atoms with Crippen molar-refractivity contribution in [2.75, 3.05) is 21.2 Å². The van der Waals surface area contributed by atoms with E-state index >= 15 is 0 Å². The minimum atomic E-state index is -3.81. The quantitative estimate of drug-likeness (QED) is 0.0878. The van der Waals surface area contributed by atoms with Gasteiger partial charge in [0.05, 0.1) is 34.3 Å². The monoisotopic (exact) mass is 1160 g/mol. The van der Waals surface area contributed by atoms with E-state index in [2.05, 4.69) is 46.7 Å². The van der Waals surface area contributed by atoms with E-state index in [0.29, 0.717) is 32.5 Å². The van der Waals surface area contributed by atoms with Crippen LogP contribution in [0.5, 0.6) is 0 Å². The minimum Gasteiger partial charge on any atom is -0.445 e. The molecule has 6 heterocycles. The van der Waals surface area contributed by atoms with Gasteiger partial charge in [-0.3, -0.25) is 24.5 Å². The molecule has 3 aliphatic rings. The van der Waals surface area contributed by atoms with Gasteiger partial charge in [-0.05, 0) is 87.8 Å². The summed E-state index contributed by atoms with van der Waals surface area (Å²) >= 11 is 0. The van der Waals surface area contributed by atoms with Crippen LogP contribution in [0.4, 0.5) is 21.9 Å². The van der Waals surface area contributed by atoms with Crippen LogP contribution in [0.25, 0.3) is 0 Å². The summed E-state index contributed by atoms with van der Waals surface area (Å²) in [5.41, 5.74) is 9.55. The van der Waals surface area contributed by atoms with Crippen molar-refractivity contribution in [3.63, 3.8) is 0 Å². The zero-order valence-corrected chi connectivity index (χ0v) is 47.3. The number of sulfonamides is 2. The Balaban J connectivity index is 0.000000140. The summed E-state index contributed by atoms with van der Waals surface area (Å²) in [5, 5.41) is 2.72. The van der Waals surface area contributed by atoms with E-state index in [9.17, 15) is 31.2 Å². The number of ether oxygens (including phenoxy) is 1. The lowest BCUT2D eigenvalue weighted by Gasteiger charge is -2.36. The van der Waals surface area contributed by atoms with Gasteiger partial charge in [-0.2, -0.15) is 4.72 Å². The van der Waals surface area contributed by atoms with Crippen LogP contribution in [0.15, 0.2) is 247 Å². The fraction of sp³-hybridized carbons (Fsp3) is 0.169. The zero-order chi connectivity index (χ0) is 58.3. The third kappa shape index (κ3) is 14.8. The van der Waals surface area contributed by atoms with E-state index in [1.54, 1.807) is 89.3 Å². The molecule has 3 atom stereocenters. The Morgan fingerprint density at radius 2 is 0.833 bits per heavy atom. The molecule has 0 aliphatic carbocycles. The maximum atomic E-state index is 13.2. The van der Waals surface area contributed by atoms with Crippen molar-refractivity contribution in [2.24, 2.45) is 0 Å². The van der Waals surface area contributed by atoms with Crippen LogP contribution in [0, 0.1) is 0 Å². The van der Waals surface area contributed by atoms with Crippen LogP contribution < -0.4 is 29.5 Å². The van der Waals surface area contributed by atoms with Crippen LogP contribution in [-0.4, -0.2) is 74.4 Å². The lowest BCUT2D eigenvalue weighted by molar-refractivity contribution is -0.121. The molecular formula is C65H61N9O8S2. The van der Waals surface area contributed by atoms with Gasteiger partial charge in [0.2, 0.25) is 31.9 Å². The summed E-state index contributed by atoms with van der Waals surface area (Å²) in [6, 6.07) is 59.4. The molecule has 0 spiro atoms. The number of hydrogen-bond donors (Lipinski definition) is 3. The number of anilines is 3. The number of rotatable bonds is 15. The smallest absolute Gasteiger partial charge is 0.408 e. The van der Waals surface area contributed by atoms with Gasteiger partial charge in [0.25, 0.3) is 0 Å². The number of nitrogens with one attached hydrogen (secondary N) is 3. The molecule has 3 N–H and O–H groups in total. The first-order chi connectivity index (χ1) is 40.9. The second kappa shape index (κ2) is 27.1. The minimum absolute atomic E-state index is 0.134. The van der Waals surface area contributed by atoms with Crippen molar-refractivity contribution < 1.29 is 36.0 Å². The molecule has 12 rings (SSSR count). The van der Waals surface area contributed by atoms with Gasteiger partial charge < -0.3 is 24.8 Å². The standard InChI is InChI=1S/C23H21N3O3.C21H19N3O3S.C21H21N3O2S/c27-22-20(25-23(28)29-16-18-9-5-2-6-10-18)13-19-14-24-12-11-21(19)26(22)15-17-7-3-1-4-8-17;25-21-19(23-28(26,27)18-9-5-2-6-10-18)13-17-14-22-12-11-20(17)24(21)15-16-7-3-1-4-8-16;25-27(26,20-9-5-2-6-10-20)23-19-13-18-14-22-12-11-21(18)24(16-19)15-17-7-3-1-4-8-17/h1-12,14,20H,13,15-16H2,(H,25,28);1-12,14,19,23H,13,15H2;1-12,14,19,23H,13,15-16H2. The molecule has 0 radical (unpaired) electrons. The molecule has 6 aromatic carbocycles. The Morgan fingerprint density at radius 3 is 1.31 bits per heavy atom. The van der Waals surface area contributed by atoms with Crippen molar-refractivity contribution in [1.82, 2.24) is 29.7 Å². The molecule has 3 aliphatic heterocycles. The van der Waals surface area contributed by atoms with Gasteiger partial charge in [0, 0.05) is 74.8 Å². The SMILES string of the molecule is O=C(NC1Cc2cnccc2N(Cc2ccccc2)C1=O)OCc1ccccc1.O=C1C(NS(=O)(=O)c2ccccc2)Cc2cnccc2N1Cc1ccccc1.O=S(=O)(NC1Cc2cnccc2N(Cc2ccccc2)C1)c1ccccc1. The Morgan fingerprint density at radius 1 is 0.452 bits per heavy atom. The van der Waals surface area contributed by atoms with E-state index < -0.39 is 38.2 Å². The van der Waals surface area contributed by atoms with Crippen molar-refractivity contribution in [2.45, 2.75) is 73.4 Å². The summed E-state index contributed by atoms with van der Waals surface area (Å²) in [6.07, 6.45) is 11.0. The summed E-state index contributed by atoms with van der Waals surface area (Å²) in [5.74, 6) is -0.439. The van der Waals surface area contributed by atoms with Gasteiger partial charge in [-0.25, -0.2) is 26.4 Å². The first-order valence-electron chi connectivity index (χ1n) is 27.3. The Kier molecular flexibility index (Phi) is 18.7. The maximum absolute atomic E-state index is 13.2. The number of hydrogen-bond acceptors (Lipinski definition) is 12. The molecule has 3 amide bonds. The molecule has 426 valence electrons. The van der Waals surface area contributed by atoms with Crippen molar-refractivity contribution >= 4 is 55.0 Å². The Bertz CT molecular complexity index is 3900. The number of fused-ring (bicyclic) bond motifs is 3. The highest BCUT2D eigenvalue weighted by Gasteiger charge is 2.37. The maximum Gasteiger partial charge on any atom is 0.408 e. The van der Waals surface area contributed by atoms with Crippen LogP contribution in [0.1, 0.15) is 38.9 Å². The number of amides is 3. The average molecular weight is 1160 g/mol. The number of carbonyl (C=O) groups excluding carboxylic acids is 3. The van der Waals surface area contributed by atoms with Gasteiger partial charge in [-0.1, -0.05) is 158 Å². The summed E-state index contributed by atoms with van der Waals surface area (Å²) in [4.78, 5) is 57.1. The predicted octanol–water partition coefficient (Wildman–Crippen LogP) is 8.98. The van der Waals surface area contributed by atoms with Crippen LogP contribution >= 0.6 is 0 Å². The largest absolute Gasteiger partial charge is 0.445 e. The number of aromatic nitrogens is 3. The van der Waals surface area contributed by atoms with Crippen LogP contribution in [0.2, 0.25) is 0 Å². The lowest BCUT2D eigenvalue weighted by atomic mass is 9.98. The molecule has 0 bridgehead atoms. The molecule has 0 saturated heterocycles. The fourth-order valence-electron chi connectivity index (χ4n) is 10.2. The highest BCUT2D eigenvalue weighted by Crippen LogP contribution is 2.32. The third-order valence-electron chi connectivity index (χ3n) is 14.3. The summed E-state index contributed by atoms with van der Waals surface area (Å²) < 4.78 is 61.6. The van der Waals surface area contributed by atoms with E-state index in [4.69, 9.17) is 4.74 Å². The number of benzene rings is 6. The number of carbonyl (C=O) groups is 3. The van der Waals surface area contributed by atoms with Gasteiger partial charge in [0.15, 0.2) is 0 Å². The van der Waals surface area contributed by atoms with E-state index in [-0.39, 0.29) is 40.7 Å². The molecule has 84 heavy (non-hydrogen) atoms. The topological polar surface area (TPSA) is 213 Å². The molecule has 3 aromatic heterocycles. The molecule has 9 aromatic rings. The van der Waals surface area contributed by atoms with Crippen LogP contribution in [-0.2, 0) is 79.9 Å². The number of nitrogens with zero attached hydrogens (tertiary/aromatic N) is 6. The fourth-order valence-corrected chi connectivity index (χ4v) is 12.7. The molecular weight excluding hydrogens is 1100 g/mol. The second-order valence-corrected chi connectivity index (χ2v) is 23.6. The average Bonchev–Trinajstić information content (AvgIpc) is 3.64.